The van der Waals surface area contributed by atoms with Crippen LogP contribution in [0.25, 0.3) is 10.2 Å². The van der Waals surface area contributed by atoms with Gasteiger partial charge in [-0.25, -0.2) is 4.98 Å². The van der Waals surface area contributed by atoms with E-state index < -0.39 is 0 Å². The van der Waals surface area contributed by atoms with Crippen molar-refractivity contribution in [3.8, 4) is 0 Å². The Bertz CT molecular complexity index is 601. The average molecular weight is 305 g/mol. The molecule has 0 bridgehead atoms. The van der Waals surface area contributed by atoms with Crippen molar-refractivity contribution < 1.29 is 0 Å². The molecule has 3 nitrogen and oxygen atoms in total. The molecule has 0 amide bonds. The van der Waals surface area contributed by atoms with E-state index in [-0.39, 0.29) is 5.41 Å². The van der Waals surface area contributed by atoms with Gasteiger partial charge in [-0.2, -0.15) is 0 Å². The second-order valence-corrected chi connectivity index (χ2v) is 7.85. The number of anilines is 2. The first-order chi connectivity index (χ1) is 9.91. The molecule has 0 aliphatic carbocycles. The number of fused-ring (bicyclic) bond motifs is 1. The van der Waals surface area contributed by atoms with Crippen LogP contribution < -0.4 is 11.1 Å². The van der Waals surface area contributed by atoms with Crippen molar-refractivity contribution >= 4 is 32.9 Å². The summed E-state index contributed by atoms with van der Waals surface area (Å²) >= 11 is 1.69. The smallest absolute Gasteiger partial charge is 0.0907 e. The predicted molar refractivity (Wildman–Crippen MR) is 95.2 cm³/mol. The van der Waals surface area contributed by atoms with Crippen molar-refractivity contribution in [2.75, 3.05) is 17.6 Å². The van der Waals surface area contributed by atoms with E-state index in [9.17, 15) is 0 Å². The van der Waals surface area contributed by atoms with Gasteiger partial charge in [-0.1, -0.05) is 40.0 Å². The molecule has 0 aliphatic rings. The third-order valence-corrected chi connectivity index (χ3v) is 4.81. The molecule has 1 aromatic heterocycles. The Labute approximate surface area is 132 Å². The van der Waals surface area contributed by atoms with Gasteiger partial charge in [-0.05, 0) is 30.9 Å². The van der Waals surface area contributed by atoms with Crippen LogP contribution in [0.5, 0.6) is 0 Å². The Hall–Kier alpha value is -1.29. The van der Waals surface area contributed by atoms with Crippen molar-refractivity contribution in [1.29, 1.82) is 0 Å². The van der Waals surface area contributed by atoms with Gasteiger partial charge in [0.25, 0.3) is 0 Å². The van der Waals surface area contributed by atoms with Crippen LogP contribution in [0.4, 0.5) is 11.4 Å². The third kappa shape index (κ3) is 4.34. The number of benzene rings is 1. The number of thiazole rings is 1. The number of unbranched alkanes of at least 4 members (excludes halogenated alkanes) is 2. The Kier molecular flexibility index (Phi) is 5.09. The molecule has 0 saturated heterocycles. The van der Waals surface area contributed by atoms with E-state index >= 15 is 0 Å². The van der Waals surface area contributed by atoms with Crippen LogP contribution >= 0.6 is 11.3 Å². The summed E-state index contributed by atoms with van der Waals surface area (Å²) in [6.07, 6.45) is 5.13. The molecular weight excluding hydrogens is 278 g/mol. The fourth-order valence-corrected chi connectivity index (χ4v) is 3.39. The molecule has 0 atom stereocenters. The molecule has 1 heterocycles. The first-order valence-corrected chi connectivity index (χ1v) is 8.63. The fourth-order valence-electron chi connectivity index (χ4n) is 2.53. The SMILES string of the molecule is CCCCCC(C)(C)CNc1cc2nc(C)sc2cc1N. The van der Waals surface area contributed by atoms with Crippen molar-refractivity contribution in [2.24, 2.45) is 5.41 Å². The molecule has 2 rings (SSSR count). The summed E-state index contributed by atoms with van der Waals surface area (Å²) in [5.74, 6) is 0. The largest absolute Gasteiger partial charge is 0.397 e. The highest BCUT2D eigenvalue weighted by Crippen LogP contribution is 2.31. The van der Waals surface area contributed by atoms with Crippen LogP contribution in [0.3, 0.4) is 0 Å². The zero-order valence-electron chi connectivity index (χ0n) is 13.6. The first-order valence-electron chi connectivity index (χ1n) is 7.82. The first kappa shape index (κ1) is 16.1. The van der Waals surface area contributed by atoms with Crippen molar-refractivity contribution in [1.82, 2.24) is 4.98 Å². The molecule has 0 fully saturated rings. The Morgan fingerprint density at radius 1 is 1.29 bits per heavy atom. The molecule has 116 valence electrons. The van der Waals surface area contributed by atoms with Crippen molar-refractivity contribution in [2.45, 2.75) is 53.4 Å². The standard InChI is InChI=1S/C17H27N3S/c1-5-6-7-8-17(3,4)11-19-14-10-15-16(9-13(14)18)21-12(2)20-15/h9-10,19H,5-8,11,18H2,1-4H3. The third-order valence-electron chi connectivity index (χ3n) is 3.88. The van der Waals surface area contributed by atoms with Crippen LogP contribution in [-0.4, -0.2) is 11.5 Å². The minimum atomic E-state index is 0.286. The summed E-state index contributed by atoms with van der Waals surface area (Å²) < 4.78 is 1.16. The monoisotopic (exact) mass is 305 g/mol. The Morgan fingerprint density at radius 2 is 2.05 bits per heavy atom. The van der Waals surface area contributed by atoms with Crippen LogP contribution in [0.1, 0.15) is 51.5 Å². The number of hydrogen-bond acceptors (Lipinski definition) is 4. The van der Waals surface area contributed by atoms with Gasteiger partial charge in [0.05, 0.1) is 26.6 Å². The summed E-state index contributed by atoms with van der Waals surface area (Å²) in [6, 6.07) is 4.11. The van der Waals surface area contributed by atoms with E-state index in [4.69, 9.17) is 5.73 Å². The van der Waals surface area contributed by atoms with Gasteiger partial charge >= 0.3 is 0 Å². The topological polar surface area (TPSA) is 50.9 Å². The Balaban J connectivity index is 2.03. The van der Waals surface area contributed by atoms with Gasteiger partial charge in [0.1, 0.15) is 0 Å². The highest BCUT2D eigenvalue weighted by molar-refractivity contribution is 7.18. The van der Waals surface area contributed by atoms with Gasteiger partial charge in [0.15, 0.2) is 0 Å². The van der Waals surface area contributed by atoms with Gasteiger partial charge in [-0.15, -0.1) is 11.3 Å². The number of nitrogens with one attached hydrogen (secondary N) is 1. The second-order valence-electron chi connectivity index (χ2n) is 6.61. The number of aromatic nitrogens is 1. The predicted octanol–water partition coefficient (Wildman–Crippen LogP) is 5.21. The zero-order chi connectivity index (χ0) is 15.5. The number of hydrogen-bond donors (Lipinski definition) is 2. The Morgan fingerprint density at radius 3 is 2.76 bits per heavy atom. The number of rotatable bonds is 7. The molecule has 4 heteroatoms. The molecule has 0 radical (unpaired) electrons. The maximum atomic E-state index is 6.16. The summed E-state index contributed by atoms with van der Waals surface area (Å²) in [6.45, 7) is 9.85. The lowest BCUT2D eigenvalue weighted by Crippen LogP contribution is -2.23. The second kappa shape index (κ2) is 6.65. The number of nitrogens with two attached hydrogens (primary N) is 1. The molecule has 2 aromatic rings. The summed E-state index contributed by atoms with van der Waals surface area (Å²) in [5.41, 5.74) is 9.32. The van der Waals surface area contributed by atoms with Crippen molar-refractivity contribution in [3.05, 3.63) is 17.1 Å². The molecule has 21 heavy (non-hydrogen) atoms. The summed E-state index contributed by atoms with van der Waals surface area (Å²) in [5, 5.41) is 4.61. The normalized spacial score (nSPS) is 12.0. The minimum Gasteiger partial charge on any atom is -0.397 e. The van der Waals surface area contributed by atoms with E-state index in [0.717, 1.165) is 33.1 Å². The van der Waals surface area contributed by atoms with Crippen LogP contribution in [0.15, 0.2) is 12.1 Å². The lowest BCUT2D eigenvalue weighted by atomic mass is 9.87. The van der Waals surface area contributed by atoms with E-state index in [1.54, 1.807) is 11.3 Å². The number of nitrogens with zero attached hydrogens (tertiary/aromatic N) is 1. The van der Waals surface area contributed by atoms with Crippen LogP contribution in [-0.2, 0) is 0 Å². The minimum absolute atomic E-state index is 0.286. The van der Waals surface area contributed by atoms with E-state index in [0.29, 0.717) is 0 Å². The molecule has 0 aliphatic heterocycles. The number of nitrogen functional groups attached to an aromatic ring is 1. The summed E-state index contributed by atoms with van der Waals surface area (Å²) in [4.78, 5) is 4.54. The molecule has 3 N–H and O–H groups in total. The maximum Gasteiger partial charge on any atom is 0.0907 e. The number of aryl methyl sites for hydroxylation is 1. The quantitative estimate of drug-likeness (QED) is 0.545. The highest BCUT2D eigenvalue weighted by Gasteiger charge is 2.17. The van der Waals surface area contributed by atoms with Gasteiger partial charge in [0, 0.05) is 6.54 Å². The van der Waals surface area contributed by atoms with Gasteiger partial charge < -0.3 is 11.1 Å². The van der Waals surface area contributed by atoms with E-state index in [2.05, 4.69) is 37.1 Å². The molecule has 0 saturated carbocycles. The molecule has 0 spiro atoms. The molecule has 1 aromatic carbocycles. The van der Waals surface area contributed by atoms with E-state index in [1.165, 1.54) is 25.7 Å². The van der Waals surface area contributed by atoms with Crippen LogP contribution in [0.2, 0.25) is 0 Å². The molecular formula is C17H27N3S. The van der Waals surface area contributed by atoms with Crippen molar-refractivity contribution in [3.63, 3.8) is 0 Å². The lowest BCUT2D eigenvalue weighted by Gasteiger charge is -2.26. The van der Waals surface area contributed by atoms with Gasteiger partial charge in [0.2, 0.25) is 0 Å². The fraction of sp³-hybridized carbons (Fsp3) is 0.588. The van der Waals surface area contributed by atoms with Gasteiger partial charge in [-0.3, -0.25) is 0 Å². The van der Waals surface area contributed by atoms with E-state index in [1.807, 2.05) is 13.0 Å². The zero-order valence-corrected chi connectivity index (χ0v) is 14.4. The summed E-state index contributed by atoms with van der Waals surface area (Å²) in [7, 11) is 0. The van der Waals surface area contributed by atoms with Crippen LogP contribution in [0, 0.1) is 12.3 Å². The molecule has 0 unspecified atom stereocenters. The maximum absolute atomic E-state index is 6.16. The lowest BCUT2D eigenvalue weighted by molar-refractivity contribution is 0.342. The average Bonchev–Trinajstić information content (AvgIpc) is 2.75. The highest BCUT2D eigenvalue weighted by atomic mass is 32.1.